The van der Waals surface area contributed by atoms with Crippen LogP contribution in [0.15, 0.2) is 54.7 Å². The molecule has 4 amide bonds. The number of hydrogen-bond acceptors (Lipinski definition) is 14. The van der Waals surface area contributed by atoms with Crippen LogP contribution in [0.4, 0.5) is 24.6 Å². The van der Waals surface area contributed by atoms with E-state index in [1.54, 1.807) is 40.1 Å². The largest absolute Gasteiger partial charge is 0.480 e. The van der Waals surface area contributed by atoms with Crippen molar-refractivity contribution in [1.29, 1.82) is 0 Å². The van der Waals surface area contributed by atoms with Gasteiger partial charge < -0.3 is 55.5 Å². The second-order valence-electron chi connectivity index (χ2n) is 15.4. The number of aliphatic hydroxyl groups is 1. The number of nitrogens with two attached hydrogens (primary N) is 1. The van der Waals surface area contributed by atoms with E-state index in [4.69, 9.17) is 42.1 Å². The number of nitrogens with one attached hydrogen (secondary N) is 3. The Balaban J connectivity index is -0.00000108. The van der Waals surface area contributed by atoms with Crippen LogP contribution in [0.2, 0.25) is 5.02 Å². The summed E-state index contributed by atoms with van der Waals surface area (Å²) in [5, 5.41) is 36.1. The third-order valence-electron chi connectivity index (χ3n) is 9.06. The number of fused-ring (bicyclic) bond motifs is 1. The molecule has 8 N–H and O–H groups in total. The summed E-state index contributed by atoms with van der Waals surface area (Å²) in [6, 6.07) is 10.5. The number of anilines is 1. The van der Waals surface area contributed by atoms with Gasteiger partial charge in [0.25, 0.3) is 0 Å². The van der Waals surface area contributed by atoms with Crippen LogP contribution in [0.1, 0.15) is 84.1 Å². The van der Waals surface area contributed by atoms with E-state index in [9.17, 15) is 38.0 Å². The number of aromatic nitrogens is 1. The highest BCUT2D eigenvalue weighted by Crippen LogP contribution is 2.19. The monoisotopic (exact) mass is 1050 g/mol. The smallest absolute Gasteiger partial charge is 0.412 e. The molecule has 25 heteroatoms. The van der Waals surface area contributed by atoms with Crippen molar-refractivity contribution < 1.29 is 72.2 Å². The zero-order chi connectivity index (χ0) is 49.8. The second kappa shape index (κ2) is 36.7. The average molecular weight is 1060 g/mol. The molecule has 3 aromatic rings. The van der Waals surface area contributed by atoms with Gasteiger partial charge in [-0.3, -0.25) is 19.7 Å². The first-order valence-corrected chi connectivity index (χ1v) is 21.2. The number of methoxy groups -OCH3 is 2. The SMILES string of the molecule is CN(C(=O)NCc1ccc(F)cc1Cl)[C@@H](CCCCO)COC(=O)Nc1cc2ccccc2cn1.COC(=O)CCC[C@H](N)C(=O)O.COC(=O)CCC[C@H](NC(=O)OC(C)(C)C)C(=O)O.S.S.S. The summed E-state index contributed by atoms with van der Waals surface area (Å²) >= 11 is 6.02. The van der Waals surface area contributed by atoms with Crippen LogP contribution < -0.4 is 21.7 Å². The summed E-state index contributed by atoms with van der Waals surface area (Å²) in [5.74, 6) is -3.07. The van der Waals surface area contributed by atoms with Crippen molar-refractivity contribution in [2.24, 2.45) is 5.73 Å². The molecule has 2 aromatic carbocycles. The minimum absolute atomic E-state index is 0. The number of aliphatic carboxylic acids is 2. The Labute approximate surface area is 427 Å². The van der Waals surface area contributed by atoms with Crippen molar-refractivity contribution in [1.82, 2.24) is 20.5 Å². The molecule has 0 fully saturated rings. The van der Waals surface area contributed by atoms with Gasteiger partial charge in [0.05, 0.1) is 20.3 Å². The maximum absolute atomic E-state index is 13.2. The van der Waals surface area contributed by atoms with Gasteiger partial charge in [0, 0.05) is 49.6 Å². The third-order valence-corrected chi connectivity index (χ3v) is 9.41. The van der Waals surface area contributed by atoms with Crippen molar-refractivity contribution >= 4 is 111 Å². The van der Waals surface area contributed by atoms with Crippen molar-refractivity contribution in [2.75, 3.05) is 39.8 Å². The van der Waals surface area contributed by atoms with Crippen molar-refractivity contribution in [3.63, 3.8) is 0 Å². The molecule has 0 aliphatic heterocycles. The predicted octanol–water partition coefficient (Wildman–Crippen LogP) is 6.34. The van der Waals surface area contributed by atoms with E-state index in [1.807, 2.05) is 24.3 Å². The highest BCUT2D eigenvalue weighted by atomic mass is 35.5. The molecule has 0 saturated heterocycles. The van der Waals surface area contributed by atoms with Crippen LogP contribution in [0.5, 0.6) is 0 Å². The molecule has 390 valence electrons. The van der Waals surface area contributed by atoms with Crippen LogP contribution in [0, 0.1) is 5.82 Å². The van der Waals surface area contributed by atoms with Gasteiger partial charge in [0.2, 0.25) is 0 Å². The minimum atomic E-state index is -1.17. The Morgan fingerprint density at radius 1 is 0.826 bits per heavy atom. The summed E-state index contributed by atoms with van der Waals surface area (Å²) in [6.07, 6.45) is 3.40. The maximum atomic E-state index is 13.2. The van der Waals surface area contributed by atoms with Crippen LogP contribution in [0.3, 0.4) is 0 Å². The first kappa shape index (κ1) is 68.0. The molecular weight excluding hydrogens is 987 g/mol. The highest BCUT2D eigenvalue weighted by molar-refractivity contribution is 7.59. The first-order chi connectivity index (χ1) is 31.1. The van der Waals surface area contributed by atoms with Crippen molar-refractivity contribution in [3.8, 4) is 0 Å². The number of halogens is 2. The van der Waals surface area contributed by atoms with Crippen LogP contribution >= 0.6 is 52.1 Å². The van der Waals surface area contributed by atoms with Crippen LogP contribution in [-0.2, 0) is 44.7 Å². The van der Waals surface area contributed by atoms with Gasteiger partial charge >= 0.3 is 42.1 Å². The molecule has 0 radical (unpaired) electrons. The zero-order valence-electron chi connectivity index (χ0n) is 39.5. The van der Waals surface area contributed by atoms with Crippen LogP contribution in [-0.4, -0.2) is 126 Å². The zero-order valence-corrected chi connectivity index (χ0v) is 43.2. The number of pyridine rings is 1. The number of urea groups is 1. The molecule has 1 heterocycles. The normalized spacial score (nSPS) is 11.4. The number of alkyl carbamates (subject to hydrolysis) is 1. The van der Waals surface area contributed by atoms with Gasteiger partial charge in [-0.25, -0.2) is 28.6 Å². The van der Waals surface area contributed by atoms with E-state index in [0.29, 0.717) is 49.9 Å². The fraction of sp³-hybridized carbons (Fsp3) is 0.500. The van der Waals surface area contributed by atoms with Gasteiger partial charge in [-0.05, 0) is 94.9 Å². The average Bonchev–Trinajstić information content (AvgIpc) is 3.26. The number of carboxylic acid groups (broad SMARTS) is 2. The fourth-order valence-corrected chi connectivity index (χ4v) is 5.66. The Morgan fingerprint density at radius 3 is 1.96 bits per heavy atom. The minimum Gasteiger partial charge on any atom is -0.480 e. The number of amides is 4. The third kappa shape index (κ3) is 30.1. The van der Waals surface area contributed by atoms with Crippen LogP contribution in [0.25, 0.3) is 10.8 Å². The Kier molecular flexibility index (Phi) is 36.1. The topological polar surface area (TPSA) is 295 Å². The van der Waals surface area contributed by atoms with Gasteiger partial charge in [-0.2, -0.15) is 40.5 Å². The summed E-state index contributed by atoms with van der Waals surface area (Å²) in [6.45, 7) is 5.13. The number of aliphatic hydroxyl groups excluding tert-OH is 1. The van der Waals surface area contributed by atoms with E-state index in [0.717, 1.165) is 10.8 Å². The molecule has 0 aliphatic rings. The summed E-state index contributed by atoms with van der Waals surface area (Å²) in [4.78, 5) is 84.8. The van der Waals surface area contributed by atoms with E-state index < -0.39 is 65.7 Å². The van der Waals surface area contributed by atoms with E-state index >= 15 is 0 Å². The Bertz CT molecular complexity index is 2060. The van der Waals surface area contributed by atoms with Crippen molar-refractivity contribution in [2.45, 2.75) is 109 Å². The Morgan fingerprint density at radius 2 is 1.42 bits per heavy atom. The fourth-order valence-electron chi connectivity index (χ4n) is 5.42. The molecule has 3 rings (SSSR count). The molecule has 0 bridgehead atoms. The number of nitrogens with zero attached hydrogens (tertiary/aromatic N) is 2. The number of likely N-dealkylation sites (N-methyl/N-ethyl adjacent to an activating group) is 1. The van der Waals surface area contributed by atoms with Gasteiger partial charge in [0.15, 0.2) is 0 Å². The molecule has 69 heavy (non-hydrogen) atoms. The number of carbonyl (C=O) groups is 7. The number of carbonyl (C=O) groups excluding carboxylic acids is 5. The lowest BCUT2D eigenvalue weighted by Crippen LogP contribution is -2.46. The lowest BCUT2D eigenvalue weighted by Gasteiger charge is -2.28. The quantitative estimate of drug-likeness (QED) is 0.0348. The maximum Gasteiger partial charge on any atom is 0.412 e. The number of benzene rings is 2. The lowest BCUT2D eigenvalue weighted by molar-refractivity contribution is -0.142. The molecular formula is C44H68ClFN6O14S3. The Hall–Kier alpha value is -5.27. The number of hydrogen-bond donors (Lipinski definition) is 7. The number of esters is 2. The summed E-state index contributed by atoms with van der Waals surface area (Å²) in [7, 11) is 4.15. The molecule has 0 aliphatic carbocycles. The molecule has 0 saturated carbocycles. The number of ether oxygens (including phenoxy) is 4. The first-order valence-electron chi connectivity index (χ1n) is 20.8. The van der Waals surface area contributed by atoms with Gasteiger partial charge in [-0.15, -0.1) is 0 Å². The van der Waals surface area contributed by atoms with Crippen molar-refractivity contribution in [3.05, 3.63) is 71.1 Å². The lowest BCUT2D eigenvalue weighted by atomic mass is 10.1. The van der Waals surface area contributed by atoms with Gasteiger partial charge in [-0.1, -0.05) is 41.9 Å². The molecule has 0 unspecified atom stereocenters. The second-order valence-corrected chi connectivity index (χ2v) is 15.8. The molecule has 0 spiro atoms. The highest BCUT2D eigenvalue weighted by Gasteiger charge is 2.25. The number of carboxylic acids is 2. The molecule has 3 atom stereocenters. The van der Waals surface area contributed by atoms with E-state index in [2.05, 4.69) is 30.4 Å². The molecule has 1 aromatic heterocycles. The standard InChI is InChI=1S/C25H28ClFN4O4.C12H21NO6.C7H13NO4.3H2S/c1-31(24(33)29-15-19-9-10-20(27)13-22(19)26)21(8-4-5-11-32)16-35-25(34)30-23-12-17-6-2-3-7-18(17)14-28-23;1-12(2,3)19-11(17)13-8(10(15)16)6-5-7-9(14)18-4;1-12-6(9)4-2-3-5(8)7(10)11;;;/h2-3,6-7,9-10,12-14,21,32H,4-5,8,11,15-16H2,1H3,(H,29,33)(H,28,30,34);8H,5-7H2,1-4H3,(H,13,17)(H,15,16);5H,2-4,8H2,1H3,(H,10,11);3*1H2/t21-;8-;5-;;;/m000.../s1. The summed E-state index contributed by atoms with van der Waals surface area (Å²) in [5.41, 5.74) is 5.07. The van der Waals surface area contributed by atoms with E-state index in [-0.39, 0.29) is 90.5 Å². The van der Waals surface area contributed by atoms with Gasteiger partial charge in [0.1, 0.15) is 35.9 Å². The number of rotatable bonds is 21. The predicted molar refractivity (Wildman–Crippen MR) is 272 cm³/mol. The molecule has 20 nitrogen and oxygen atoms in total. The number of unbranched alkanes of at least 4 members (excludes halogenated alkanes) is 1. The van der Waals surface area contributed by atoms with E-state index in [1.165, 1.54) is 37.3 Å². The summed E-state index contributed by atoms with van der Waals surface area (Å²) < 4.78 is 32.4.